The van der Waals surface area contributed by atoms with Crippen molar-refractivity contribution >= 4 is 0 Å². The van der Waals surface area contributed by atoms with Gasteiger partial charge in [0.25, 0.3) is 0 Å². The molecule has 2 rings (SSSR count). The quantitative estimate of drug-likeness (QED) is 0.880. The van der Waals surface area contributed by atoms with E-state index in [9.17, 15) is 5.11 Å². The van der Waals surface area contributed by atoms with Crippen molar-refractivity contribution in [2.75, 3.05) is 7.11 Å². The molecule has 0 fully saturated rings. The van der Waals surface area contributed by atoms with E-state index in [2.05, 4.69) is 10.1 Å². The lowest BCUT2D eigenvalue weighted by Crippen LogP contribution is -2.02. The van der Waals surface area contributed by atoms with Gasteiger partial charge < -0.3 is 14.4 Å². The molecule has 0 radical (unpaired) electrons. The zero-order valence-corrected chi connectivity index (χ0v) is 10.5. The van der Waals surface area contributed by atoms with E-state index in [1.807, 2.05) is 13.0 Å². The fraction of sp³-hybridized carbons (Fsp3) is 0.385. The average Bonchev–Trinajstić information content (AvgIpc) is 2.79. The number of methoxy groups -OCH3 is 1. The van der Waals surface area contributed by atoms with Crippen molar-refractivity contribution in [1.29, 1.82) is 0 Å². The molecule has 96 valence electrons. The van der Waals surface area contributed by atoms with Gasteiger partial charge in [-0.1, -0.05) is 24.2 Å². The normalized spacial score (nSPS) is 12.6. The minimum absolute atomic E-state index is 0.133. The monoisotopic (exact) mass is 248 g/mol. The smallest absolute Gasteiger partial charge is 0.231 e. The number of aromatic hydroxyl groups is 1. The van der Waals surface area contributed by atoms with Gasteiger partial charge in [-0.15, -0.1) is 0 Å². The lowest BCUT2D eigenvalue weighted by molar-refractivity contribution is 0.0903. The Kier molecular flexibility index (Phi) is 3.94. The van der Waals surface area contributed by atoms with Crippen LogP contribution in [0.4, 0.5) is 0 Å². The molecular weight excluding hydrogens is 232 g/mol. The Morgan fingerprint density at radius 1 is 1.44 bits per heavy atom. The van der Waals surface area contributed by atoms with Gasteiger partial charge in [0.05, 0.1) is 6.42 Å². The zero-order valence-electron chi connectivity index (χ0n) is 10.5. The molecule has 5 nitrogen and oxygen atoms in total. The van der Waals surface area contributed by atoms with Crippen LogP contribution in [0.25, 0.3) is 0 Å². The highest BCUT2D eigenvalue weighted by molar-refractivity contribution is 5.28. The Balaban J connectivity index is 2.11. The minimum Gasteiger partial charge on any atom is -0.508 e. The molecule has 1 heterocycles. The van der Waals surface area contributed by atoms with E-state index in [0.717, 1.165) is 12.0 Å². The van der Waals surface area contributed by atoms with E-state index >= 15 is 0 Å². The molecule has 0 bridgehead atoms. The van der Waals surface area contributed by atoms with Gasteiger partial charge in [0.15, 0.2) is 0 Å². The highest BCUT2D eigenvalue weighted by Gasteiger charge is 2.15. The first kappa shape index (κ1) is 12.6. The first-order valence-corrected chi connectivity index (χ1v) is 5.86. The van der Waals surface area contributed by atoms with Gasteiger partial charge in [0, 0.05) is 7.11 Å². The number of nitrogens with zero attached hydrogens (tertiary/aromatic N) is 2. The van der Waals surface area contributed by atoms with E-state index in [1.54, 1.807) is 25.3 Å². The second-order valence-corrected chi connectivity index (χ2v) is 4.03. The molecule has 0 saturated carbocycles. The van der Waals surface area contributed by atoms with Crippen LogP contribution in [0.3, 0.4) is 0 Å². The summed E-state index contributed by atoms with van der Waals surface area (Å²) in [4.78, 5) is 4.29. The van der Waals surface area contributed by atoms with Crippen molar-refractivity contribution < 1.29 is 14.4 Å². The molecule has 1 aromatic carbocycles. The molecule has 1 atom stereocenters. The van der Waals surface area contributed by atoms with Crippen LogP contribution in [-0.2, 0) is 11.2 Å². The summed E-state index contributed by atoms with van der Waals surface area (Å²) in [5.41, 5.74) is 0.927. The fourth-order valence-electron chi connectivity index (χ4n) is 1.77. The zero-order chi connectivity index (χ0) is 13.0. The number of phenols is 1. The second-order valence-electron chi connectivity index (χ2n) is 4.03. The van der Waals surface area contributed by atoms with Crippen LogP contribution in [0.5, 0.6) is 5.75 Å². The van der Waals surface area contributed by atoms with E-state index in [1.165, 1.54) is 0 Å². The summed E-state index contributed by atoms with van der Waals surface area (Å²) in [6.07, 6.45) is 1.16. The maximum Gasteiger partial charge on any atom is 0.231 e. The summed E-state index contributed by atoms with van der Waals surface area (Å²) in [5, 5.41) is 13.3. The van der Waals surface area contributed by atoms with Crippen LogP contribution < -0.4 is 0 Å². The standard InChI is InChI=1S/C13H16N2O3/c1-3-11(17-2)13-14-12(18-15-13)8-9-5-4-6-10(16)7-9/h4-7,11,16H,3,8H2,1-2H3. The molecule has 0 aliphatic heterocycles. The molecule has 1 unspecified atom stereocenters. The van der Waals surface area contributed by atoms with Crippen LogP contribution in [0.15, 0.2) is 28.8 Å². The third-order valence-electron chi connectivity index (χ3n) is 2.69. The summed E-state index contributed by atoms with van der Waals surface area (Å²) >= 11 is 0. The summed E-state index contributed by atoms with van der Waals surface area (Å²) in [6, 6.07) is 6.99. The maximum atomic E-state index is 9.37. The first-order valence-electron chi connectivity index (χ1n) is 5.86. The Bertz CT molecular complexity index is 506. The van der Waals surface area contributed by atoms with Gasteiger partial charge >= 0.3 is 0 Å². The summed E-state index contributed by atoms with van der Waals surface area (Å²) < 4.78 is 10.4. The number of hydrogen-bond acceptors (Lipinski definition) is 5. The SMILES string of the molecule is CCC(OC)c1noc(Cc2cccc(O)c2)n1. The van der Waals surface area contributed by atoms with E-state index < -0.39 is 0 Å². The third kappa shape index (κ3) is 2.87. The van der Waals surface area contributed by atoms with Gasteiger partial charge in [-0.05, 0) is 24.1 Å². The molecule has 5 heteroatoms. The van der Waals surface area contributed by atoms with Crippen LogP contribution in [0.1, 0.15) is 36.7 Å². The van der Waals surface area contributed by atoms with Crippen LogP contribution in [0.2, 0.25) is 0 Å². The molecule has 2 aromatic rings. The molecule has 0 spiro atoms. The van der Waals surface area contributed by atoms with Crippen molar-refractivity contribution in [3.05, 3.63) is 41.5 Å². The lowest BCUT2D eigenvalue weighted by atomic mass is 10.1. The van der Waals surface area contributed by atoms with Crippen LogP contribution >= 0.6 is 0 Å². The maximum absolute atomic E-state index is 9.37. The summed E-state index contributed by atoms with van der Waals surface area (Å²) in [7, 11) is 1.62. The van der Waals surface area contributed by atoms with Crippen molar-refractivity contribution in [2.24, 2.45) is 0 Å². The second kappa shape index (κ2) is 5.64. The van der Waals surface area contributed by atoms with Crippen LogP contribution in [-0.4, -0.2) is 22.4 Å². The largest absolute Gasteiger partial charge is 0.508 e. The number of ether oxygens (including phenoxy) is 1. The third-order valence-corrected chi connectivity index (χ3v) is 2.69. The number of benzene rings is 1. The van der Waals surface area contributed by atoms with Gasteiger partial charge in [-0.25, -0.2) is 0 Å². The molecule has 0 aliphatic carbocycles. The topological polar surface area (TPSA) is 68.4 Å². The van der Waals surface area contributed by atoms with Gasteiger partial charge in [0.2, 0.25) is 11.7 Å². The molecular formula is C13H16N2O3. The van der Waals surface area contributed by atoms with Crippen molar-refractivity contribution in [1.82, 2.24) is 10.1 Å². The highest BCUT2D eigenvalue weighted by Crippen LogP contribution is 2.19. The molecule has 1 N–H and O–H groups in total. The van der Waals surface area contributed by atoms with Crippen LogP contribution in [0, 0.1) is 0 Å². The Morgan fingerprint density at radius 2 is 2.28 bits per heavy atom. The number of aromatic nitrogens is 2. The fourth-order valence-corrected chi connectivity index (χ4v) is 1.77. The van der Waals surface area contributed by atoms with E-state index in [0.29, 0.717) is 18.1 Å². The predicted molar refractivity (Wildman–Crippen MR) is 65.3 cm³/mol. The number of hydrogen-bond donors (Lipinski definition) is 1. The van der Waals surface area contributed by atoms with E-state index in [4.69, 9.17) is 9.26 Å². The van der Waals surface area contributed by atoms with Gasteiger partial charge in [0.1, 0.15) is 11.9 Å². The molecule has 0 saturated heterocycles. The molecule has 18 heavy (non-hydrogen) atoms. The Labute approximate surface area is 105 Å². The number of rotatable bonds is 5. The average molecular weight is 248 g/mol. The molecule has 1 aromatic heterocycles. The first-order chi connectivity index (χ1) is 8.72. The lowest BCUT2D eigenvalue weighted by Gasteiger charge is -2.06. The number of phenolic OH excluding ortho intramolecular Hbond substituents is 1. The van der Waals surface area contributed by atoms with Gasteiger partial charge in [-0.3, -0.25) is 0 Å². The van der Waals surface area contributed by atoms with Crippen molar-refractivity contribution in [3.8, 4) is 5.75 Å². The van der Waals surface area contributed by atoms with Crippen molar-refractivity contribution in [3.63, 3.8) is 0 Å². The predicted octanol–water partition coefficient (Wildman–Crippen LogP) is 2.46. The summed E-state index contributed by atoms with van der Waals surface area (Å²) in [6.45, 7) is 2.00. The highest BCUT2D eigenvalue weighted by atomic mass is 16.5. The minimum atomic E-state index is -0.133. The molecule has 0 aliphatic rings. The van der Waals surface area contributed by atoms with Crippen molar-refractivity contribution in [2.45, 2.75) is 25.9 Å². The Morgan fingerprint density at radius 3 is 2.94 bits per heavy atom. The summed E-state index contributed by atoms with van der Waals surface area (Å²) in [5.74, 6) is 1.32. The van der Waals surface area contributed by atoms with E-state index in [-0.39, 0.29) is 11.9 Å². The van der Waals surface area contributed by atoms with Gasteiger partial charge in [-0.2, -0.15) is 4.98 Å². The Hall–Kier alpha value is -1.88. The molecule has 0 amide bonds.